The summed E-state index contributed by atoms with van der Waals surface area (Å²) in [6.07, 6.45) is 1.45. The number of carbonyl (C=O) groups is 2. The first-order chi connectivity index (χ1) is 18.7. The van der Waals surface area contributed by atoms with E-state index in [0.717, 1.165) is 70.3 Å². The molecule has 0 unspecified atom stereocenters. The minimum atomic E-state index is -4.13. The Morgan fingerprint density at radius 3 is 2.23 bits per heavy atom. The Balaban J connectivity index is 1.12. The molecule has 0 saturated carbocycles. The monoisotopic (exact) mass is 543 g/mol. The van der Waals surface area contributed by atoms with Crippen molar-refractivity contribution in [2.24, 2.45) is 11.8 Å². The Morgan fingerprint density at radius 2 is 1.56 bits per heavy atom. The van der Waals surface area contributed by atoms with Gasteiger partial charge in [-0.15, -0.1) is 0 Å². The van der Waals surface area contributed by atoms with Crippen molar-refractivity contribution in [3.63, 3.8) is 0 Å². The third-order valence-electron chi connectivity index (χ3n) is 7.94. The van der Waals surface area contributed by atoms with E-state index in [1.54, 1.807) is 24.3 Å². The summed E-state index contributed by atoms with van der Waals surface area (Å²) in [5, 5.41) is 2.97. The third kappa shape index (κ3) is 8.48. The number of hydrogen-bond acceptors (Lipinski definition) is 3. The van der Waals surface area contributed by atoms with Gasteiger partial charge in [-0.05, 0) is 92.3 Å². The van der Waals surface area contributed by atoms with Gasteiger partial charge in [0, 0.05) is 56.0 Å². The molecule has 5 nitrogen and oxygen atoms in total. The maximum absolute atomic E-state index is 13.0. The van der Waals surface area contributed by atoms with E-state index >= 15 is 0 Å². The fraction of sp³-hybridized carbons (Fsp3) is 0.548. The molecule has 2 saturated heterocycles. The summed E-state index contributed by atoms with van der Waals surface area (Å²) in [6.45, 7) is 5.54. The van der Waals surface area contributed by atoms with Gasteiger partial charge in [0.05, 0.1) is 0 Å². The van der Waals surface area contributed by atoms with Crippen molar-refractivity contribution in [2.75, 3.05) is 38.0 Å². The fourth-order valence-electron chi connectivity index (χ4n) is 5.58. The van der Waals surface area contributed by atoms with E-state index in [0.29, 0.717) is 23.1 Å². The van der Waals surface area contributed by atoms with Crippen LogP contribution < -0.4 is 5.32 Å². The number of hydrogen-bond donors (Lipinski definition) is 1. The van der Waals surface area contributed by atoms with Crippen LogP contribution in [0.5, 0.6) is 0 Å². The minimum absolute atomic E-state index is 0.00435. The summed E-state index contributed by atoms with van der Waals surface area (Å²) in [5.41, 5.74) is 3.34. The molecule has 2 fully saturated rings. The van der Waals surface area contributed by atoms with Crippen molar-refractivity contribution in [3.8, 4) is 0 Å². The van der Waals surface area contributed by atoms with E-state index in [1.165, 1.54) is 5.56 Å². The second-order valence-electron chi connectivity index (χ2n) is 11.1. The molecule has 0 aliphatic carbocycles. The van der Waals surface area contributed by atoms with Gasteiger partial charge in [0.25, 0.3) is 11.8 Å². The van der Waals surface area contributed by atoms with Crippen LogP contribution in [0.3, 0.4) is 0 Å². The average molecular weight is 544 g/mol. The lowest BCUT2D eigenvalue weighted by Gasteiger charge is -2.40. The summed E-state index contributed by atoms with van der Waals surface area (Å²) >= 11 is 0. The van der Waals surface area contributed by atoms with E-state index in [4.69, 9.17) is 0 Å². The highest BCUT2D eigenvalue weighted by atomic mass is 19.4. The van der Waals surface area contributed by atoms with Gasteiger partial charge < -0.3 is 15.1 Å². The van der Waals surface area contributed by atoms with Crippen LogP contribution in [0.1, 0.15) is 78.1 Å². The van der Waals surface area contributed by atoms with Crippen molar-refractivity contribution in [1.29, 1.82) is 0 Å². The Hall–Kier alpha value is -3.03. The highest BCUT2D eigenvalue weighted by molar-refractivity contribution is 5.95. The second-order valence-corrected chi connectivity index (χ2v) is 11.1. The van der Waals surface area contributed by atoms with Crippen molar-refractivity contribution in [2.45, 2.75) is 64.5 Å². The van der Waals surface area contributed by atoms with Crippen LogP contribution in [0.4, 0.5) is 18.9 Å². The molecule has 1 N–H and O–H groups in total. The highest BCUT2D eigenvalue weighted by Crippen LogP contribution is 2.29. The summed E-state index contributed by atoms with van der Waals surface area (Å²) in [7, 11) is 0. The number of anilines is 1. The number of benzene rings is 2. The number of nitrogens with one attached hydrogen (secondary N) is 1. The van der Waals surface area contributed by atoms with Gasteiger partial charge in [-0.2, -0.15) is 13.2 Å². The molecule has 0 spiro atoms. The predicted octanol–water partition coefficient (Wildman–Crippen LogP) is 6.80. The number of halogens is 3. The SMILES string of the molecule is CCCc1cccc(C(=O)N2CCC(CCC3CN(C(=O)c4ccc(NCCCC(F)(F)F)cc4)C3)CC2)c1. The summed E-state index contributed by atoms with van der Waals surface area (Å²) in [5.74, 6) is 1.29. The molecule has 212 valence electrons. The van der Waals surface area contributed by atoms with Crippen molar-refractivity contribution in [3.05, 3.63) is 65.2 Å². The third-order valence-corrected chi connectivity index (χ3v) is 7.94. The zero-order valence-electron chi connectivity index (χ0n) is 22.8. The lowest BCUT2D eigenvalue weighted by atomic mass is 9.85. The normalized spacial score (nSPS) is 16.7. The van der Waals surface area contributed by atoms with Crippen LogP contribution in [0.15, 0.2) is 48.5 Å². The first-order valence-electron chi connectivity index (χ1n) is 14.3. The van der Waals surface area contributed by atoms with E-state index in [-0.39, 0.29) is 24.8 Å². The van der Waals surface area contributed by atoms with Crippen LogP contribution in [0.25, 0.3) is 0 Å². The van der Waals surface area contributed by atoms with Gasteiger partial charge in [-0.3, -0.25) is 9.59 Å². The van der Waals surface area contributed by atoms with Crippen molar-refractivity contribution in [1.82, 2.24) is 9.80 Å². The van der Waals surface area contributed by atoms with Crippen LogP contribution >= 0.6 is 0 Å². The number of rotatable bonds is 11. The Morgan fingerprint density at radius 1 is 0.897 bits per heavy atom. The molecule has 2 aliphatic rings. The minimum Gasteiger partial charge on any atom is -0.385 e. The number of nitrogens with zero attached hydrogens (tertiary/aromatic N) is 2. The van der Waals surface area contributed by atoms with Gasteiger partial charge in [0.1, 0.15) is 0 Å². The van der Waals surface area contributed by atoms with Gasteiger partial charge in [-0.25, -0.2) is 0 Å². The number of carbonyl (C=O) groups excluding carboxylic acids is 2. The number of alkyl halides is 3. The molecule has 39 heavy (non-hydrogen) atoms. The van der Waals surface area contributed by atoms with Gasteiger partial charge in [-0.1, -0.05) is 25.5 Å². The molecular formula is C31H40F3N3O2. The maximum atomic E-state index is 13.0. The van der Waals surface area contributed by atoms with Crippen molar-refractivity contribution < 1.29 is 22.8 Å². The fourth-order valence-corrected chi connectivity index (χ4v) is 5.58. The molecule has 8 heteroatoms. The molecule has 0 radical (unpaired) electrons. The highest BCUT2D eigenvalue weighted by Gasteiger charge is 2.32. The molecule has 2 heterocycles. The topological polar surface area (TPSA) is 52.7 Å². The van der Waals surface area contributed by atoms with E-state index in [2.05, 4.69) is 18.3 Å². The van der Waals surface area contributed by atoms with E-state index in [9.17, 15) is 22.8 Å². The first-order valence-corrected chi connectivity index (χ1v) is 14.3. The van der Waals surface area contributed by atoms with Crippen LogP contribution in [0.2, 0.25) is 0 Å². The summed E-state index contributed by atoms with van der Waals surface area (Å²) < 4.78 is 36.7. The molecule has 4 rings (SSSR count). The molecular weight excluding hydrogens is 503 g/mol. The zero-order valence-corrected chi connectivity index (χ0v) is 22.8. The average Bonchev–Trinajstić information content (AvgIpc) is 2.90. The Labute approximate surface area is 229 Å². The Kier molecular flexibility index (Phi) is 9.92. The molecule has 2 aliphatic heterocycles. The Bertz CT molecular complexity index is 1090. The molecule has 2 amide bonds. The summed E-state index contributed by atoms with van der Waals surface area (Å²) in [6, 6.07) is 15.0. The van der Waals surface area contributed by atoms with Gasteiger partial charge >= 0.3 is 6.18 Å². The number of likely N-dealkylation sites (tertiary alicyclic amines) is 2. The first kappa shape index (κ1) is 29.0. The number of amides is 2. The van der Waals surface area contributed by atoms with Crippen LogP contribution in [-0.4, -0.2) is 60.5 Å². The lowest BCUT2D eigenvalue weighted by Crippen LogP contribution is -2.50. The number of piperidine rings is 1. The molecule has 0 atom stereocenters. The lowest BCUT2D eigenvalue weighted by molar-refractivity contribution is -0.134. The van der Waals surface area contributed by atoms with Crippen LogP contribution in [0, 0.1) is 11.8 Å². The summed E-state index contributed by atoms with van der Waals surface area (Å²) in [4.78, 5) is 29.6. The molecule has 2 aromatic carbocycles. The second kappa shape index (κ2) is 13.4. The molecule has 0 bridgehead atoms. The predicted molar refractivity (Wildman–Crippen MR) is 148 cm³/mol. The van der Waals surface area contributed by atoms with Crippen molar-refractivity contribution >= 4 is 17.5 Å². The zero-order chi connectivity index (χ0) is 27.8. The number of aryl methyl sites for hydroxylation is 1. The standard InChI is InChI=1S/C31H40F3N3O2/c1-2-5-24-6-3-7-27(20-24)30(39)36-18-14-23(15-19-36)8-9-25-21-37(22-25)29(38)26-10-12-28(13-11-26)35-17-4-16-31(32,33)34/h3,6-7,10-13,20,23,25,35H,2,4-5,8-9,14-19,21-22H2,1H3. The largest absolute Gasteiger partial charge is 0.389 e. The smallest absolute Gasteiger partial charge is 0.385 e. The van der Waals surface area contributed by atoms with Gasteiger partial charge in [0.15, 0.2) is 0 Å². The maximum Gasteiger partial charge on any atom is 0.389 e. The quantitative estimate of drug-likeness (QED) is 0.317. The van der Waals surface area contributed by atoms with E-state index < -0.39 is 12.6 Å². The van der Waals surface area contributed by atoms with E-state index in [1.807, 2.05) is 28.0 Å². The molecule has 0 aromatic heterocycles. The van der Waals surface area contributed by atoms with Gasteiger partial charge in [0.2, 0.25) is 0 Å². The van der Waals surface area contributed by atoms with Crippen LogP contribution in [-0.2, 0) is 6.42 Å². The molecule has 2 aromatic rings.